The Labute approximate surface area is 182 Å². The number of carbonyl (C=O) groups excluding carboxylic acids is 2. The minimum Gasteiger partial charge on any atom is -0.493 e. The van der Waals surface area contributed by atoms with Gasteiger partial charge in [-0.25, -0.2) is 4.79 Å². The number of hydrogen-bond donors (Lipinski definition) is 0. The van der Waals surface area contributed by atoms with Crippen LogP contribution in [0.25, 0.3) is 6.08 Å². The molecule has 1 amide bonds. The highest BCUT2D eigenvalue weighted by Gasteiger charge is 2.19. The first kappa shape index (κ1) is 22.2. The summed E-state index contributed by atoms with van der Waals surface area (Å²) in [7, 11) is 1.54. The third-order valence-corrected chi connectivity index (χ3v) is 4.74. The quantitative estimate of drug-likeness (QED) is 0.476. The maximum atomic E-state index is 12.6. The summed E-state index contributed by atoms with van der Waals surface area (Å²) in [6.07, 6.45) is 2.85. The second-order valence-corrected chi connectivity index (χ2v) is 7.29. The van der Waals surface area contributed by atoms with Crippen molar-refractivity contribution in [2.24, 2.45) is 0 Å². The van der Waals surface area contributed by atoms with Gasteiger partial charge in [0.15, 0.2) is 18.1 Å². The van der Waals surface area contributed by atoms with Gasteiger partial charge in [0.1, 0.15) is 13.2 Å². The highest BCUT2D eigenvalue weighted by molar-refractivity contribution is 5.89. The number of carbonyl (C=O) groups is 2. The van der Waals surface area contributed by atoms with E-state index in [2.05, 4.69) is 0 Å². The van der Waals surface area contributed by atoms with Crippen LogP contribution in [-0.2, 0) is 20.9 Å². The molecule has 0 aromatic heterocycles. The van der Waals surface area contributed by atoms with Crippen molar-refractivity contribution in [2.45, 2.75) is 26.4 Å². The summed E-state index contributed by atoms with van der Waals surface area (Å²) in [6, 6.07) is 13.2. The van der Waals surface area contributed by atoms with Gasteiger partial charge in [-0.15, -0.1) is 0 Å². The Balaban J connectivity index is 1.59. The van der Waals surface area contributed by atoms with Gasteiger partial charge in [0.25, 0.3) is 5.91 Å². The molecule has 0 radical (unpaired) electrons. The van der Waals surface area contributed by atoms with Crippen molar-refractivity contribution in [2.75, 3.05) is 26.9 Å². The molecule has 0 N–H and O–H groups in total. The summed E-state index contributed by atoms with van der Waals surface area (Å²) in [5.74, 6) is 0.773. The molecule has 7 nitrogen and oxygen atoms in total. The van der Waals surface area contributed by atoms with E-state index < -0.39 is 5.97 Å². The van der Waals surface area contributed by atoms with Gasteiger partial charge < -0.3 is 23.8 Å². The number of amides is 1. The SMILES string of the molecule is COc1cc(/C=C/C(=O)OCC(=O)N(Cc2ccccc2)C(C)C)cc2c1OCCO2. The molecule has 0 aliphatic carbocycles. The van der Waals surface area contributed by atoms with Crippen molar-refractivity contribution >= 4 is 18.0 Å². The van der Waals surface area contributed by atoms with E-state index in [-0.39, 0.29) is 18.6 Å². The lowest BCUT2D eigenvalue weighted by Crippen LogP contribution is -2.39. The van der Waals surface area contributed by atoms with Crippen molar-refractivity contribution in [1.29, 1.82) is 0 Å². The van der Waals surface area contributed by atoms with E-state index in [0.717, 1.165) is 5.56 Å². The Morgan fingerprint density at radius 1 is 1.13 bits per heavy atom. The number of benzene rings is 2. The predicted octanol–water partition coefficient (Wildman–Crippen LogP) is 3.46. The van der Waals surface area contributed by atoms with Crippen LogP contribution in [0.5, 0.6) is 17.2 Å². The van der Waals surface area contributed by atoms with Gasteiger partial charge in [-0.1, -0.05) is 30.3 Å². The van der Waals surface area contributed by atoms with Gasteiger partial charge in [-0.3, -0.25) is 4.79 Å². The molecule has 0 saturated carbocycles. The number of nitrogens with zero attached hydrogens (tertiary/aromatic N) is 1. The minimum absolute atomic E-state index is 0.0212. The summed E-state index contributed by atoms with van der Waals surface area (Å²) in [6.45, 7) is 4.90. The van der Waals surface area contributed by atoms with Crippen LogP contribution in [0.2, 0.25) is 0 Å². The van der Waals surface area contributed by atoms with E-state index >= 15 is 0 Å². The van der Waals surface area contributed by atoms with Crippen LogP contribution >= 0.6 is 0 Å². The summed E-state index contributed by atoms with van der Waals surface area (Å²) in [5, 5.41) is 0. The average molecular weight is 425 g/mol. The number of esters is 1. The van der Waals surface area contributed by atoms with Gasteiger partial charge in [0, 0.05) is 18.7 Å². The zero-order chi connectivity index (χ0) is 22.2. The van der Waals surface area contributed by atoms with Crippen LogP contribution in [0.15, 0.2) is 48.5 Å². The molecule has 1 aliphatic heterocycles. The lowest BCUT2D eigenvalue weighted by atomic mass is 10.1. The molecule has 1 aliphatic rings. The molecule has 0 spiro atoms. The van der Waals surface area contributed by atoms with Gasteiger partial charge in [-0.05, 0) is 43.2 Å². The third kappa shape index (κ3) is 6.01. The normalized spacial score (nSPS) is 12.6. The number of methoxy groups -OCH3 is 1. The molecule has 1 heterocycles. The first-order valence-electron chi connectivity index (χ1n) is 10.1. The summed E-state index contributed by atoms with van der Waals surface area (Å²) in [5.41, 5.74) is 1.71. The van der Waals surface area contributed by atoms with Gasteiger partial charge in [0.05, 0.1) is 7.11 Å². The Bertz CT molecular complexity index is 921. The monoisotopic (exact) mass is 425 g/mol. The Morgan fingerprint density at radius 2 is 1.87 bits per heavy atom. The largest absolute Gasteiger partial charge is 0.493 e. The van der Waals surface area contributed by atoms with Crippen LogP contribution in [-0.4, -0.2) is 49.7 Å². The molecule has 2 aromatic carbocycles. The Hall–Kier alpha value is -3.48. The van der Waals surface area contributed by atoms with Crippen molar-refractivity contribution in [3.63, 3.8) is 0 Å². The minimum atomic E-state index is -0.606. The molecule has 164 valence electrons. The Kier molecular flexibility index (Phi) is 7.54. The molecule has 0 saturated heterocycles. The molecule has 0 atom stereocenters. The molecule has 2 aromatic rings. The first-order valence-corrected chi connectivity index (χ1v) is 10.1. The molecule has 7 heteroatoms. The maximum absolute atomic E-state index is 12.6. The summed E-state index contributed by atoms with van der Waals surface area (Å²) < 4.78 is 21.6. The second kappa shape index (κ2) is 10.5. The van der Waals surface area contributed by atoms with Crippen molar-refractivity contribution in [3.05, 3.63) is 59.7 Å². The van der Waals surface area contributed by atoms with Crippen LogP contribution in [0.1, 0.15) is 25.0 Å². The standard InChI is InChI=1S/C24H27NO6/c1-17(2)25(15-18-7-5-4-6-8-18)22(26)16-31-23(27)10-9-19-13-20(28-3)24-21(14-19)29-11-12-30-24/h4-10,13-14,17H,11-12,15-16H2,1-3H3/b10-9+. The highest BCUT2D eigenvalue weighted by Crippen LogP contribution is 2.40. The van der Waals surface area contributed by atoms with Crippen LogP contribution < -0.4 is 14.2 Å². The molecule has 0 unspecified atom stereocenters. The third-order valence-electron chi connectivity index (χ3n) is 4.74. The lowest BCUT2D eigenvalue weighted by molar-refractivity contribution is -0.149. The number of rotatable bonds is 8. The zero-order valence-electron chi connectivity index (χ0n) is 18.0. The molecular weight excluding hydrogens is 398 g/mol. The van der Waals surface area contributed by atoms with E-state index in [1.165, 1.54) is 13.2 Å². The Morgan fingerprint density at radius 3 is 2.58 bits per heavy atom. The number of hydrogen-bond acceptors (Lipinski definition) is 6. The maximum Gasteiger partial charge on any atom is 0.331 e. The van der Waals surface area contributed by atoms with E-state index in [1.807, 2.05) is 44.2 Å². The lowest BCUT2D eigenvalue weighted by Gasteiger charge is -2.26. The fourth-order valence-electron chi connectivity index (χ4n) is 3.16. The topological polar surface area (TPSA) is 74.3 Å². The van der Waals surface area contributed by atoms with Crippen LogP contribution in [0.3, 0.4) is 0 Å². The number of ether oxygens (including phenoxy) is 4. The fourth-order valence-corrected chi connectivity index (χ4v) is 3.16. The van der Waals surface area contributed by atoms with Gasteiger partial charge >= 0.3 is 5.97 Å². The molecule has 3 rings (SSSR count). The smallest absolute Gasteiger partial charge is 0.331 e. The van der Waals surface area contributed by atoms with Crippen molar-refractivity contribution in [3.8, 4) is 17.2 Å². The van der Waals surface area contributed by atoms with E-state index in [4.69, 9.17) is 18.9 Å². The number of fused-ring (bicyclic) bond motifs is 1. The molecule has 0 bridgehead atoms. The molecule has 0 fully saturated rings. The van der Waals surface area contributed by atoms with Gasteiger partial charge in [-0.2, -0.15) is 0 Å². The summed E-state index contributed by atoms with van der Waals surface area (Å²) in [4.78, 5) is 26.4. The van der Waals surface area contributed by atoms with Gasteiger partial charge in [0.2, 0.25) is 5.75 Å². The molecule has 31 heavy (non-hydrogen) atoms. The van der Waals surface area contributed by atoms with Crippen LogP contribution in [0.4, 0.5) is 0 Å². The second-order valence-electron chi connectivity index (χ2n) is 7.29. The first-order chi connectivity index (χ1) is 15.0. The van der Waals surface area contributed by atoms with E-state index in [9.17, 15) is 9.59 Å². The summed E-state index contributed by atoms with van der Waals surface area (Å²) >= 11 is 0. The zero-order valence-corrected chi connectivity index (χ0v) is 18.0. The van der Waals surface area contributed by atoms with Crippen molar-refractivity contribution in [1.82, 2.24) is 4.90 Å². The fraction of sp³-hybridized carbons (Fsp3) is 0.333. The molecular formula is C24H27NO6. The highest BCUT2D eigenvalue weighted by atomic mass is 16.6. The van der Waals surface area contributed by atoms with Crippen LogP contribution in [0, 0.1) is 0 Å². The average Bonchev–Trinajstić information content (AvgIpc) is 2.79. The van der Waals surface area contributed by atoms with Crippen molar-refractivity contribution < 1.29 is 28.5 Å². The van der Waals surface area contributed by atoms with E-state index in [0.29, 0.717) is 42.6 Å². The predicted molar refractivity (Wildman–Crippen MR) is 116 cm³/mol. The van der Waals surface area contributed by atoms with E-state index in [1.54, 1.807) is 23.1 Å².